The molecule has 4 N–H and O–H groups in total. The predicted molar refractivity (Wildman–Crippen MR) is 76.8 cm³/mol. The van der Waals surface area contributed by atoms with Gasteiger partial charge in [-0.05, 0) is 29.8 Å². The first-order valence-corrected chi connectivity index (χ1v) is 6.37. The summed E-state index contributed by atoms with van der Waals surface area (Å²) in [7, 11) is 0. The molecule has 4 nitrogen and oxygen atoms in total. The van der Waals surface area contributed by atoms with E-state index in [1.54, 1.807) is 24.3 Å². The van der Waals surface area contributed by atoms with Crippen molar-refractivity contribution in [2.24, 2.45) is 5.84 Å². The highest BCUT2D eigenvalue weighted by Crippen LogP contribution is 2.19. The number of hydrogen-bond donors (Lipinski definition) is 3. The van der Waals surface area contributed by atoms with Gasteiger partial charge >= 0.3 is 0 Å². The third kappa shape index (κ3) is 3.68. The van der Waals surface area contributed by atoms with Crippen LogP contribution in [0.15, 0.2) is 36.4 Å². The van der Waals surface area contributed by atoms with Crippen molar-refractivity contribution >= 4 is 23.2 Å². The molecule has 0 saturated carbocycles. The lowest BCUT2D eigenvalue weighted by Gasteiger charge is -2.08. The Bertz CT molecular complexity index is 656. The van der Waals surface area contributed by atoms with Crippen LogP contribution in [0.4, 0.5) is 14.5 Å². The predicted octanol–water partition coefficient (Wildman–Crippen LogP) is 2.83. The van der Waals surface area contributed by atoms with Gasteiger partial charge in [-0.25, -0.2) is 8.78 Å². The molecule has 0 spiro atoms. The first kappa shape index (κ1) is 15.2. The van der Waals surface area contributed by atoms with Crippen molar-refractivity contribution in [2.45, 2.75) is 6.54 Å². The van der Waals surface area contributed by atoms with Crippen molar-refractivity contribution in [1.82, 2.24) is 5.32 Å². The fourth-order valence-electron chi connectivity index (χ4n) is 1.77. The third-order valence-electron chi connectivity index (χ3n) is 2.79. The average molecular weight is 312 g/mol. The zero-order chi connectivity index (χ0) is 15.4. The van der Waals surface area contributed by atoms with Gasteiger partial charge in [-0.3, -0.25) is 10.6 Å². The first-order chi connectivity index (χ1) is 10.0. The number of benzene rings is 2. The Labute approximate surface area is 124 Å². The van der Waals surface area contributed by atoms with Crippen LogP contribution in [0.3, 0.4) is 0 Å². The fraction of sp³-hybridized carbons (Fsp3) is 0.0714. The van der Waals surface area contributed by atoms with Gasteiger partial charge in [0, 0.05) is 17.1 Å². The molecule has 0 unspecified atom stereocenters. The number of nitrogens with one attached hydrogen (secondary N) is 2. The van der Waals surface area contributed by atoms with Crippen LogP contribution in [0.25, 0.3) is 0 Å². The van der Waals surface area contributed by atoms with Crippen LogP contribution in [-0.2, 0) is 6.54 Å². The van der Waals surface area contributed by atoms with Gasteiger partial charge in [0.1, 0.15) is 5.69 Å². The molecule has 0 saturated heterocycles. The van der Waals surface area contributed by atoms with E-state index in [1.165, 1.54) is 0 Å². The molecule has 2 aromatic rings. The Morgan fingerprint density at radius 3 is 2.43 bits per heavy atom. The van der Waals surface area contributed by atoms with Crippen LogP contribution in [0.5, 0.6) is 0 Å². The lowest BCUT2D eigenvalue weighted by Crippen LogP contribution is -2.23. The number of anilines is 1. The second-order valence-corrected chi connectivity index (χ2v) is 4.71. The number of hydrazine groups is 1. The van der Waals surface area contributed by atoms with E-state index < -0.39 is 23.2 Å². The molecular formula is C14H12ClF2N3O. The lowest BCUT2D eigenvalue weighted by molar-refractivity contribution is 0.0950. The number of hydrogen-bond acceptors (Lipinski definition) is 3. The van der Waals surface area contributed by atoms with E-state index in [0.29, 0.717) is 5.02 Å². The average Bonchev–Trinajstić information content (AvgIpc) is 2.44. The van der Waals surface area contributed by atoms with Crippen molar-refractivity contribution in [3.05, 3.63) is 64.2 Å². The van der Waals surface area contributed by atoms with Gasteiger partial charge in [0.05, 0.1) is 0 Å². The molecular weight excluding hydrogens is 300 g/mol. The molecule has 110 valence electrons. The van der Waals surface area contributed by atoms with Gasteiger partial charge in [0.2, 0.25) is 0 Å². The molecule has 2 rings (SSSR count). The minimum absolute atomic E-state index is 0.133. The number of halogens is 3. The summed E-state index contributed by atoms with van der Waals surface area (Å²) < 4.78 is 27.0. The summed E-state index contributed by atoms with van der Waals surface area (Å²) >= 11 is 5.82. The van der Waals surface area contributed by atoms with Gasteiger partial charge in [-0.15, -0.1) is 0 Å². The summed E-state index contributed by atoms with van der Waals surface area (Å²) in [4.78, 5) is 11.9. The van der Waals surface area contributed by atoms with Crippen LogP contribution in [-0.4, -0.2) is 5.91 Å². The highest BCUT2D eigenvalue weighted by molar-refractivity contribution is 6.30. The number of amides is 1. The minimum Gasteiger partial charge on any atom is -0.348 e. The Hall–Kier alpha value is -2.18. The molecule has 0 fully saturated rings. The first-order valence-electron chi connectivity index (χ1n) is 5.99. The van der Waals surface area contributed by atoms with E-state index in [9.17, 15) is 13.6 Å². The number of rotatable bonds is 4. The molecule has 0 aliphatic heterocycles. The smallest absolute Gasteiger partial charge is 0.251 e. The van der Waals surface area contributed by atoms with Gasteiger partial charge in [0.15, 0.2) is 11.6 Å². The highest BCUT2D eigenvalue weighted by atomic mass is 35.5. The van der Waals surface area contributed by atoms with Crippen molar-refractivity contribution in [2.75, 3.05) is 5.43 Å². The monoisotopic (exact) mass is 311 g/mol. The number of carbonyl (C=O) groups excluding carboxylic acids is 1. The van der Waals surface area contributed by atoms with E-state index in [-0.39, 0.29) is 12.1 Å². The zero-order valence-corrected chi connectivity index (χ0v) is 11.5. The summed E-state index contributed by atoms with van der Waals surface area (Å²) in [6.45, 7) is 0.194. The van der Waals surface area contributed by atoms with Crippen LogP contribution in [0, 0.1) is 11.6 Å². The maximum atomic E-state index is 13.5. The van der Waals surface area contributed by atoms with Gasteiger partial charge in [-0.1, -0.05) is 23.7 Å². The van der Waals surface area contributed by atoms with Crippen molar-refractivity contribution in [3.63, 3.8) is 0 Å². The fourth-order valence-corrected chi connectivity index (χ4v) is 1.99. The van der Waals surface area contributed by atoms with Crippen LogP contribution in [0.1, 0.15) is 15.9 Å². The Balaban J connectivity index is 2.10. The quantitative estimate of drug-likeness (QED) is 0.601. The molecule has 2 aromatic carbocycles. The molecule has 0 bridgehead atoms. The zero-order valence-electron chi connectivity index (χ0n) is 10.8. The number of nitrogens with two attached hydrogens (primary N) is 1. The Kier molecular flexibility index (Phi) is 4.72. The standard InChI is InChI=1S/C14H12ClF2N3O/c15-10-3-1-2-8(4-10)7-19-14(21)9-5-11(16)13(20-18)12(17)6-9/h1-6,20H,7,18H2,(H,19,21). The van der Waals surface area contributed by atoms with Crippen LogP contribution >= 0.6 is 11.6 Å². The molecule has 0 aromatic heterocycles. The molecule has 0 heterocycles. The number of carbonyl (C=O) groups is 1. The molecule has 21 heavy (non-hydrogen) atoms. The Morgan fingerprint density at radius 2 is 1.86 bits per heavy atom. The second-order valence-electron chi connectivity index (χ2n) is 4.27. The molecule has 1 amide bonds. The topological polar surface area (TPSA) is 67.1 Å². The maximum absolute atomic E-state index is 13.5. The minimum atomic E-state index is -0.939. The lowest BCUT2D eigenvalue weighted by atomic mass is 10.1. The molecule has 0 radical (unpaired) electrons. The summed E-state index contributed by atoms with van der Waals surface area (Å²) in [5.74, 6) is 2.50. The molecule has 0 atom stereocenters. The largest absolute Gasteiger partial charge is 0.348 e. The van der Waals surface area contributed by atoms with Crippen LogP contribution in [0.2, 0.25) is 5.02 Å². The molecule has 7 heteroatoms. The summed E-state index contributed by atoms with van der Waals surface area (Å²) in [5, 5.41) is 3.09. The van der Waals surface area contributed by atoms with Gasteiger partial charge in [-0.2, -0.15) is 0 Å². The Morgan fingerprint density at radius 1 is 1.19 bits per heavy atom. The molecule has 0 aliphatic carbocycles. The summed E-state index contributed by atoms with van der Waals surface area (Å²) in [6.07, 6.45) is 0. The van der Waals surface area contributed by atoms with E-state index >= 15 is 0 Å². The van der Waals surface area contributed by atoms with E-state index in [0.717, 1.165) is 17.7 Å². The molecule has 0 aliphatic rings. The third-order valence-corrected chi connectivity index (χ3v) is 3.03. The normalized spacial score (nSPS) is 10.3. The number of nitrogen functional groups attached to an aromatic ring is 1. The highest BCUT2D eigenvalue weighted by Gasteiger charge is 2.14. The van der Waals surface area contributed by atoms with Crippen molar-refractivity contribution in [1.29, 1.82) is 0 Å². The van der Waals surface area contributed by atoms with Crippen molar-refractivity contribution in [3.8, 4) is 0 Å². The van der Waals surface area contributed by atoms with Crippen molar-refractivity contribution < 1.29 is 13.6 Å². The maximum Gasteiger partial charge on any atom is 0.251 e. The van der Waals surface area contributed by atoms with E-state index in [1.807, 2.05) is 5.43 Å². The van der Waals surface area contributed by atoms with Gasteiger partial charge < -0.3 is 10.7 Å². The summed E-state index contributed by atoms with van der Waals surface area (Å²) in [5.41, 5.74) is 2.05. The SMILES string of the molecule is NNc1c(F)cc(C(=O)NCc2cccc(Cl)c2)cc1F. The van der Waals surface area contributed by atoms with Crippen LogP contribution < -0.4 is 16.6 Å². The van der Waals surface area contributed by atoms with Gasteiger partial charge in [0.25, 0.3) is 5.91 Å². The van der Waals surface area contributed by atoms with E-state index in [4.69, 9.17) is 17.4 Å². The van der Waals surface area contributed by atoms with E-state index in [2.05, 4.69) is 5.32 Å². The summed E-state index contributed by atoms with van der Waals surface area (Å²) in [6, 6.07) is 8.72. The second kappa shape index (κ2) is 6.51.